The van der Waals surface area contributed by atoms with Crippen molar-refractivity contribution in [1.82, 2.24) is 0 Å². The van der Waals surface area contributed by atoms with E-state index in [1.165, 1.54) is 33.4 Å². The maximum atomic E-state index is 5.17. The molecule has 0 heterocycles. The summed E-state index contributed by atoms with van der Waals surface area (Å²) in [4.78, 5) is 0. The van der Waals surface area contributed by atoms with E-state index in [4.69, 9.17) is 4.74 Å². The SMILES string of the molecule is COc1ccc(N=Nc2ccc(/C=C/c3cc(C)c4cc(C(C)C)ccc(C)c3-4)cc2)cc1. The van der Waals surface area contributed by atoms with Crippen LogP contribution in [0.25, 0.3) is 23.3 Å². The van der Waals surface area contributed by atoms with Crippen LogP contribution >= 0.6 is 0 Å². The van der Waals surface area contributed by atoms with E-state index >= 15 is 0 Å². The van der Waals surface area contributed by atoms with Gasteiger partial charge in [0.05, 0.1) is 18.5 Å². The molecule has 2 aliphatic rings. The molecule has 33 heavy (non-hydrogen) atoms. The molecule has 0 spiro atoms. The molecule has 0 amide bonds. The Balaban J connectivity index is 1.53. The van der Waals surface area contributed by atoms with Crippen LogP contribution in [-0.4, -0.2) is 7.11 Å². The van der Waals surface area contributed by atoms with Crippen molar-refractivity contribution < 1.29 is 4.74 Å². The average Bonchev–Trinajstić information content (AvgIpc) is 3.02. The van der Waals surface area contributed by atoms with Crippen molar-refractivity contribution in [2.24, 2.45) is 10.2 Å². The van der Waals surface area contributed by atoms with E-state index in [0.29, 0.717) is 5.92 Å². The molecule has 0 aliphatic heterocycles. The average molecular weight is 435 g/mol. The molecule has 2 aliphatic carbocycles. The summed E-state index contributed by atoms with van der Waals surface area (Å²) < 4.78 is 5.17. The second-order valence-electron chi connectivity index (χ2n) is 8.71. The monoisotopic (exact) mass is 434 g/mol. The van der Waals surface area contributed by atoms with Gasteiger partial charge in [0, 0.05) is 0 Å². The number of aryl methyl sites for hydroxylation is 2. The molecule has 0 atom stereocenters. The van der Waals surface area contributed by atoms with Gasteiger partial charge in [0.1, 0.15) is 5.75 Å². The summed E-state index contributed by atoms with van der Waals surface area (Å²) >= 11 is 0. The van der Waals surface area contributed by atoms with E-state index in [0.717, 1.165) is 22.7 Å². The third-order valence-corrected chi connectivity index (χ3v) is 5.95. The predicted octanol–water partition coefficient (Wildman–Crippen LogP) is 9.13. The molecule has 0 N–H and O–H groups in total. The smallest absolute Gasteiger partial charge is 0.119 e. The van der Waals surface area contributed by atoms with Crippen LogP contribution in [0.3, 0.4) is 0 Å². The Morgan fingerprint density at radius 3 is 1.97 bits per heavy atom. The van der Waals surface area contributed by atoms with Gasteiger partial charge in [-0.05, 0) is 95.1 Å². The lowest BCUT2D eigenvalue weighted by molar-refractivity contribution is 0.415. The van der Waals surface area contributed by atoms with Crippen LogP contribution in [0, 0.1) is 13.8 Å². The molecule has 0 unspecified atom stereocenters. The van der Waals surface area contributed by atoms with Gasteiger partial charge in [-0.25, -0.2) is 0 Å². The zero-order valence-electron chi connectivity index (χ0n) is 20.0. The van der Waals surface area contributed by atoms with Crippen LogP contribution in [-0.2, 0) is 0 Å². The first-order valence-electron chi connectivity index (χ1n) is 11.3. The van der Waals surface area contributed by atoms with Crippen molar-refractivity contribution >= 4 is 23.5 Å². The van der Waals surface area contributed by atoms with Gasteiger partial charge in [-0.1, -0.05) is 62.4 Å². The molecule has 2 aromatic carbocycles. The zero-order valence-corrected chi connectivity index (χ0v) is 20.0. The minimum atomic E-state index is 0.508. The lowest BCUT2D eigenvalue weighted by atomic mass is 10.0. The fraction of sp³-hybridized carbons (Fsp3) is 0.200. The number of benzene rings is 2. The van der Waals surface area contributed by atoms with Crippen LogP contribution in [0.1, 0.15) is 47.6 Å². The number of methoxy groups -OCH3 is 1. The summed E-state index contributed by atoms with van der Waals surface area (Å²) in [6, 6.07) is 24.8. The summed E-state index contributed by atoms with van der Waals surface area (Å²) in [6.07, 6.45) is 4.37. The Hall–Kier alpha value is -3.72. The first-order valence-corrected chi connectivity index (χ1v) is 11.3. The number of hydrogen-bond donors (Lipinski definition) is 0. The van der Waals surface area contributed by atoms with E-state index in [2.05, 4.69) is 86.5 Å². The van der Waals surface area contributed by atoms with Gasteiger partial charge in [0.25, 0.3) is 0 Å². The third kappa shape index (κ3) is 5.20. The molecule has 0 saturated carbocycles. The maximum Gasteiger partial charge on any atom is 0.119 e. The van der Waals surface area contributed by atoms with E-state index in [-0.39, 0.29) is 0 Å². The van der Waals surface area contributed by atoms with Gasteiger partial charge in [-0.3, -0.25) is 0 Å². The molecule has 0 fully saturated rings. The second-order valence-corrected chi connectivity index (χ2v) is 8.71. The second kappa shape index (κ2) is 9.83. The molecule has 2 aromatic rings. The minimum absolute atomic E-state index is 0.508. The third-order valence-electron chi connectivity index (χ3n) is 5.95. The Morgan fingerprint density at radius 1 is 0.727 bits per heavy atom. The topological polar surface area (TPSA) is 34.0 Å². The van der Waals surface area contributed by atoms with Gasteiger partial charge in [-0.15, -0.1) is 0 Å². The summed E-state index contributed by atoms with van der Waals surface area (Å²) in [7, 11) is 1.65. The highest BCUT2D eigenvalue weighted by atomic mass is 16.5. The Morgan fingerprint density at radius 2 is 1.36 bits per heavy atom. The van der Waals surface area contributed by atoms with Crippen molar-refractivity contribution in [3.8, 4) is 16.9 Å². The standard InChI is InChI=1S/C30H30N2O/c1-20(2)24-10-6-21(3)30-25(18-22(4)29(30)19-24)11-7-23-8-12-26(13-9-23)31-32-27-14-16-28(33-5)17-15-27/h6-20H,1-5H3/b11-7+,32-31?. The summed E-state index contributed by atoms with van der Waals surface area (Å²) in [5.41, 5.74) is 10.7. The molecule has 0 bridgehead atoms. The highest BCUT2D eigenvalue weighted by Crippen LogP contribution is 2.37. The fourth-order valence-corrected chi connectivity index (χ4v) is 3.97. The van der Waals surface area contributed by atoms with Crippen LogP contribution < -0.4 is 4.74 Å². The summed E-state index contributed by atoms with van der Waals surface area (Å²) in [5.74, 6) is 1.32. The van der Waals surface area contributed by atoms with Gasteiger partial charge < -0.3 is 4.74 Å². The Bertz CT molecular complexity index is 1270. The van der Waals surface area contributed by atoms with Gasteiger partial charge >= 0.3 is 0 Å². The highest BCUT2D eigenvalue weighted by Gasteiger charge is 2.14. The van der Waals surface area contributed by atoms with E-state index in [1.807, 2.05) is 36.4 Å². The maximum absolute atomic E-state index is 5.17. The largest absolute Gasteiger partial charge is 0.497 e. The number of azo groups is 1. The molecule has 166 valence electrons. The molecule has 3 heteroatoms. The van der Waals surface area contributed by atoms with Crippen LogP contribution in [0.5, 0.6) is 5.75 Å². The number of rotatable bonds is 6. The van der Waals surface area contributed by atoms with Crippen LogP contribution in [0.2, 0.25) is 0 Å². The summed E-state index contributed by atoms with van der Waals surface area (Å²) in [5, 5.41) is 8.64. The number of nitrogens with zero attached hydrogens (tertiary/aromatic N) is 2. The van der Waals surface area contributed by atoms with Crippen LogP contribution in [0.4, 0.5) is 11.4 Å². The van der Waals surface area contributed by atoms with E-state index in [1.54, 1.807) is 7.11 Å². The molecular formula is C30H30N2O. The van der Waals surface area contributed by atoms with Gasteiger partial charge in [0.2, 0.25) is 0 Å². The zero-order chi connectivity index (χ0) is 23.4. The molecule has 0 saturated heterocycles. The summed E-state index contributed by atoms with van der Waals surface area (Å²) in [6.45, 7) is 8.89. The molecule has 0 aromatic heterocycles. The predicted molar refractivity (Wildman–Crippen MR) is 139 cm³/mol. The van der Waals surface area contributed by atoms with Crippen molar-refractivity contribution in [3.63, 3.8) is 0 Å². The van der Waals surface area contributed by atoms with Gasteiger partial charge in [0.15, 0.2) is 0 Å². The lowest BCUT2D eigenvalue weighted by Crippen LogP contribution is -1.84. The van der Waals surface area contributed by atoms with Crippen molar-refractivity contribution in [1.29, 1.82) is 0 Å². The normalized spacial score (nSPS) is 11.8. The molecule has 0 radical (unpaired) electrons. The molecule has 4 rings (SSSR count). The van der Waals surface area contributed by atoms with Crippen molar-refractivity contribution in [2.75, 3.05) is 7.11 Å². The molecule has 3 nitrogen and oxygen atoms in total. The molecular weight excluding hydrogens is 404 g/mol. The number of fused-ring (bicyclic) bond motifs is 1. The highest BCUT2D eigenvalue weighted by molar-refractivity contribution is 5.87. The lowest BCUT2D eigenvalue weighted by Gasteiger charge is -2.04. The van der Waals surface area contributed by atoms with Crippen molar-refractivity contribution in [3.05, 3.63) is 101 Å². The number of ether oxygens (including phenoxy) is 1. The van der Waals surface area contributed by atoms with E-state index < -0.39 is 0 Å². The minimum Gasteiger partial charge on any atom is -0.497 e. The van der Waals surface area contributed by atoms with Gasteiger partial charge in [-0.2, -0.15) is 10.2 Å². The Kier molecular flexibility index (Phi) is 6.69. The Labute approximate surface area is 196 Å². The number of hydrogen-bond acceptors (Lipinski definition) is 3. The quantitative estimate of drug-likeness (QED) is 0.279. The van der Waals surface area contributed by atoms with E-state index in [9.17, 15) is 0 Å². The van der Waals surface area contributed by atoms with Crippen LogP contribution in [0.15, 0.2) is 83.0 Å². The van der Waals surface area contributed by atoms with Crippen molar-refractivity contribution in [2.45, 2.75) is 33.6 Å². The fourth-order valence-electron chi connectivity index (χ4n) is 3.97. The first kappa shape index (κ1) is 22.5. The first-order chi connectivity index (χ1) is 15.9.